The van der Waals surface area contributed by atoms with Crippen LogP contribution < -0.4 is 15.6 Å². The minimum Gasteiger partial charge on any atom is -0.495 e. The standard InChI is InChI=1S/C18H17N5O2/c1-13-7-3-4-8-14(13)12-20-23-18(24)16(11-19)22-21-15-9-5-6-10-17(15)25-2/h3-10,12,21H,1-2H3,(H,23,24)/b20-12-,22-16-. The highest BCUT2D eigenvalue weighted by molar-refractivity contribution is 6.45. The van der Waals surface area contributed by atoms with Crippen molar-refractivity contribution < 1.29 is 9.53 Å². The SMILES string of the molecule is COc1ccccc1N/N=C(/C#N)C(=O)N/N=C\c1ccccc1C. The summed E-state index contributed by atoms with van der Waals surface area (Å²) in [5.74, 6) is -0.170. The number of hydrazone groups is 2. The van der Waals surface area contributed by atoms with Gasteiger partial charge in [0.2, 0.25) is 5.71 Å². The molecule has 7 nitrogen and oxygen atoms in total. The first-order chi connectivity index (χ1) is 12.2. The van der Waals surface area contributed by atoms with Gasteiger partial charge in [-0.1, -0.05) is 36.4 Å². The van der Waals surface area contributed by atoms with Crippen LogP contribution in [-0.2, 0) is 4.79 Å². The number of carbonyl (C=O) groups is 1. The van der Waals surface area contributed by atoms with Crippen molar-refractivity contribution in [2.24, 2.45) is 10.2 Å². The van der Waals surface area contributed by atoms with Crippen LogP contribution in [0.4, 0.5) is 5.69 Å². The number of hydrogen-bond acceptors (Lipinski definition) is 6. The Balaban J connectivity index is 2.03. The number of ether oxygens (including phenoxy) is 1. The molecule has 1 amide bonds. The lowest BCUT2D eigenvalue weighted by Crippen LogP contribution is -2.27. The van der Waals surface area contributed by atoms with Crippen LogP contribution in [0.1, 0.15) is 11.1 Å². The first-order valence-corrected chi connectivity index (χ1v) is 7.41. The van der Waals surface area contributed by atoms with Crippen molar-refractivity contribution in [3.05, 3.63) is 59.7 Å². The van der Waals surface area contributed by atoms with Crippen molar-refractivity contribution >= 4 is 23.5 Å². The predicted molar refractivity (Wildman–Crippen MR) is 96.6 cm³/mol. The second-order valence-electron chi connectivity index (χ2n) is 4.94. The van der Waals surface area contributed by atoms with E-state index in [-0.39, 0.29) is 5.71 Å². The Kier molecular flexibility index (Phi) is 6.25. The molecule has 0 saturated heterocycles. The molecule has 2 N–H and O–H groups in total. The van der Waals surface area contributed by atoms with E-state index in [4.69, 9.17) is 10.00 Å². The Hall–Kier alpha value is -3.66. The summed E-state index contributed by atoms with van der Waals surface area (Å²) in [7, 11) is 1.52. The Morgan fingerprint density at radius 1 is 1.20 bits per heavy atom. The fraction of sp³-hybridized carbons (Fsp3) is 0.111. The highest BCUT2D eigenvalue weighted by atomic mass is 16.5. The van der Waals surface area contributed by atoms with Crippen LogP contribution in [0.5, 0.6) is 5.75 Å². The Morgan fingerprint density at radius 3 is 2.64 bits per heavy atom. The summed E-state index contributed by atoms with van der Waals surface area (Å²) in [5, 5.41) is 16.8. The number of nitrogens with one attached hydrogen (secondary N) is 2. The normalized spacial score (nSPS) is 11.0. The third-order valence-electron chi connectivity index (χ3n) is 3.27. The number of para-hydroxylation sites is 2. The van der Waals surface area contributed by atoms with Crippen LogP contribution >= 0.6 is 0 Å². The molecular weight excluding hydrogens is 318 g/mol. The zero-order chi connectivity index (χ0) is 18.1. The van der Waals surface area contributed by atoms with E-state index >= 15 is 0 Å². The molecule has 0 bridgehead atoms. The Labute approximate surface area is 145 Å². The van der Waals surface area contributed by atoms with Crippen LogP contribution in [-0.4, -0.2) is 24.9 Å². The number of hydrogen-bond donors (Lipinski definition) is 2. The molecule has 25 heavy (non-hydrogen) atoms. The van der Waals surface area contributed by atoms with Gasteiger partial charge in [0.25, 0.3) is 0 Å². The lowest BCUT2D eigenvalue weighted by Gasteiger charge is -2.06. The Bertz CT molecular complexity index is 853. The van der Waals surface area contributed by atoms with Gasteiger partial charge in [0.1, 0.15) is 11.8 Å². The highest BCUT2D eigenvalue weighted by Crippen LogP contribution is 2.22. The Morgan fingerprint density at radius 2 is 1.92 bits per heavy atom. The maximum atomic E-state index is 12.0. The monoisotopic (exact) mass is 335 g/mol. The van der Waals surface area contributed by atoms with Crippen LogP contribution in [0.3, 0.4) is 0 Å². The van der Waals surface area contributed by atoms with Crippen LogP contribution in [0, 0.1) is 18.3 Å². The van der Waals surface area contributed by atoms with Crippen LogP contribution in [0.25, 0.3) is 0 Å². The van der Waals surface area contributed by atoms with Gasteiger partial charge in [0.05, 0.1) is 19.0 Å². The van der Waals surface area contributed by atoms with E-state index in [1.165, 1.54) is 13.3 Å². The van der Waals surface area contributed by atoms with Gasteiger partial charge >= 0.3 is 5.91 Å². The van der Waals surface area contributed by atoms with Gasteiger partial charge in [-0.3, -0.25) is 10.2 Å². The first kappa shape index (κ1) is 17.7. The third kappa shape index (κ3) is 4.91. The zero-order valence-electron chi connectivity index (χ0n) is 13.9. The van der Waals surface area contributed by atoms with Crippen molar-refractivity contribution in [1.82, 2.24) is 5.43 Å². The number of aryl methyl sites for hydroxylation is 1. The molecule has 0 fully saturated rings. The van der Waals surface area contributed by atoms with Gasteiger partial charge in [-0.2, -0.15) is 15.5 Å². The molecule has 2 rings (SSSR count). The van der Waals surface area contributed by atoms with Crippen molar-refractivity contribution in [2.45, 2.75) is 6.92 Å². The van der Waals surface area contributed by atoms with Gasteiger partial charge in [0, 0.05) is 0 Å². The molecule has 126 valence electrons. The molecule has 0 saturated carbocycles. The first-order valence-electron chi connectivity index (χ1n) is 7.41. The minimum atomic E-state index is -0.713. The largest absolute Gasteiger partial charge is 0.495 e. The topological polar surface area (TPSA) is 98.9 Å². The molecule has 0 aliphatic rings. The summed E-state index contributed by atoms with van der Waals surface area (Å²) in [6.07, 6.45) is 1.51. The molecule has 0 heterocycles. The highest BCUT2D eigenvalue weighted by Gasteiger charge is 2.10. The van der Waals surface area contributed by atoms with E-state index in [1.807, 2.05) is 31.2 Å². The van der Waals surface area contributed by atoms with Crippen LogP contribution in [0.15, 0.2) is 58.7 Å². The maximum absolute atomic E-state index is 12.0. The van der Waals surface area contributed by atoms with Crippen molar-refractivity contribution in [1.29, 1.82) is 5.26 Å². The van der Waals surface area contributed by atoms with Crippen molar-refractivity contribution in [3.8, 4) is 11.8 Å². The summed E-state index contributed by atoms with van der Waals surface area (Å²) in [4.78, 5) is 12.0. The van der Waals surface area contributed by atoms with E-state index in [0.717, 1.165) is 11.1 Å². The molecule has 2 aromatic rings. The number of rotatable bonds is 6. The number of carbonyl (C=O) groups excluding carboxylic acids is 1. The second-order valence-corrected chi connectivity index (χ2v) is 4.94. The third-order valence-corrected chi connectivity index (χ3v) is 3.27. The predicted octanol–water partition coefficient (Wildman–Crippen LogP) is 2.45. The fourth-order valence-corrected chi connectivity index (χ4v) is 1.92. The number of amides is 1. The van der Waals surface area contributed by atoms with E-state index in [2.05, 4.69) is 21.1 Å². The zero-order valence-corrected chi connectivity index (χ0v) is 13.9. The molecule has 0 aliphatic carbocycles. The molecule has 0 radical (unpaired) electrons. The average Bonchev–Trinajstić information content (AvgIpc) is 2.64. The van der Waals surface area contributed by atoms with Crippen LogP contribution in [0.2, 0.25) is 0 Å². The van der Waals surface area contributed by atoms with Gasteiger partial charge in [-0.05, 0) is 30.2 Å². The van der Waals surface area contributed by atoms with E-state index in [0.29, 0.717) is 11.4 Å². The molecule has 0 atom stereocenters. The smallest absolute Gasteiger partial charge is 0.302 e. The van der Waals surface area contributed by atoms with Crippen molar-refractivity contribution in [3.63, 3.8) is 0 Å². The number of methoxy groups -OCH3 is 1. The summed E-state index contributed by atoms with van der Waals surface area (Å²) in [5.41, 5.74) is 6.99. The maximum Gasteiger partial charge on any atom is 0.302 e. The number of nitrogens with zero attached hydrogens (tertiary/aromatic N) is 3. The second kappa shape index (κ2) is 8.84. The van der Waals surface area contributed by atoms with Gasteiger partial charge in [-0.15, -0.1) is 0 Å². The molecule has 0 spiro atoms. The number of anilines is 1. The van der Waals surface area contributed by atoms with E-state index in [1.54, 1.807) is 30.3 Å². The summed E-state index contributed by atoms with van der Waals surface area (Å²) in [6.45, 7) is 1.93. The van der Waals surface area contributed by atoms with E-state index < -0.39 is 5.91 Å². The quantitative estimate of drug-likeness (QED) is 0.625. The van der Waals surface area contributed by atoms with Gasteiger partial charge in [0.15, 0.2) is 0 Å². The fourth-order valence-electron chi connectivity index (χ4n) is 1.92. The lowest BCUT2D eigenvalue weighted by molar-refractivity contribution is -0.114. The van der Waals surface area contributed by atoms with Crippen molar-refractivity contribution in [2.75, 3.05) is 12.5 Å². The molecule has 0 aliphatic heterocycles. The number of nitriles is 1. The van der Waals surface area contributed by atoms with Gasteiger partial charge < -0.3 is 4.74 Å². The molecule has 2 aromatic carbocycles. The lowest BCUT2D eigenvalue weighted by atomic mass is 10.1. The molecule has 7 heteroatoms. The van der Waals surface area contributed by atoms with E-state index in [9.17, 15) is 4.79 Å². The number of benzene rings is 2. The molecule has 0 aromatic heterocycles. The summed E-state index contributed by atoms with van der Waals surface area (Å²) < 4.78 is 5.16. The summed E-state index contributed by atoms with van der Waals surface area (Å²) in [6, 6.07) is 16.3. The molecular formula is C18H17N5O2. The summed E-state index contributed by atoms with van der Waals surface area (Å²) >= 11 is 0. The average molecular weight is 335 g/mol. The van der Waals surface area contributed by atoms with Gasteiger partial charge in [-0.25, -0.2) is 5.43 Å². The molecule has 0 unspecified atom stereocenters. The minimum absolute atomic E-state index is 0.354.